The third kappa shape index (κ3) is 3.37. The number of fused-ring (bicyclic) bond motifs is 1. The van der Waals surface area contributed by atoms with Crippen molar-refractivity contribution in [1.29, 1.82) is 0 Å². The van der Waals surface area contributed by atoms with Crippen LogP contribution in [0.3, 0.4) is 0 Å². The Labute approximate surface area is 180 Å². The van der Waals surface area contributed by atoms with Gasteiger partial charge in [-0.15, -0.1) is 0 Å². The fourth-order valence-electron chi connectivity index (χ4n) is 3.88. The molecule has 31 heavy (non-hydrogen) atoms. The largest absolute Gasteiger partial charge is 0.373 e. The van der Waals surface area contributed by atoms with Crippen molar-refractivity contribution in [3.05, 3.63) is 73.7 Å². The molecule has 160 valence electrons. The summed E-state index contributed by atoms with van der Waals surface area (Å²) in [6, 6.07) is 7.59. The van der Waals surface area contributed by atoms with Gasteiger partial charge in [0.05, 0.1) is 19.0 Å². The first-order valence-electron chi connectivity index (χ1n) is 9.72. The summed E-state index contributed by atoms with van der Waals surface area (Å²) in [6.07, 6.45) is 2.17. The molecule has 0 radical (unpaired) electrons. The molecule has 0 spiro atoms. The third-order valence-corrected chi connectivity index (χ3v) is 5.86. The highest BCUT2D eigenvalue weighted by atomic mass is 35.5. The number of hydrogen-bond acceptors (Lipinski definition) is 7. The van der Waals surface area contributed by atoms with Gasteiger partial charge in [0.15, 0.2) is 17.0 Å². The first kappa shape index (κ1) is 19.7. The summed E-state index contributed by atoms with van der Waals surface area (Å²) in [5, 5.41) is 4.80. The maximum absolute atomic E-state index is 12.6. The number of imidazole rings is 1. The normalized spacial score (nSPS) is 18.8. The predicted octanol–water partition coefficient (Wildman–Crippen LogP) is 1.76. The Kier molecular flexibility index (Phi) is 4.75. The van der Waals surface area contributed by atoms with E-state index in [0.717, 1.165) is 16.6 Å². The van der Waals surface area contributed by atoms with Crippen LogP contribution in [0.25, 0.3) is 11.2 Å². The van der Waals surface area contributed by atoms with E-state index in [1.807, 2.05) is 24.3 Å². The number of rotatable bonds is 4. The maximum atomic E-state index is 12.6. The lowest BCUT2D eigenvalue weighted by molar-refractivity contribution is 0.110. The number of aryl methyl sites for hydroxylation is 1. The fraction of sp³-hybridized carbons (Fsp3) is 0.350. The van der Waals surface area contributed by atoms with Crippen molar-refractivity contribution in [3.63, 3.8) is 0 Å². The van der Waals surface area contributed by atoms with Crippen LogP contribution in [0.5, 0.6) is 0 Å². The summed E-state index contributed by atoms with van der Waals surface area (Å²) < 4.78 is 15.3. The quantitative estimate of drug-likeness (QED) is 0.473. The molecule has 1 saturated heterocycles. The van der Waals surface area contributed by atoms with Crippen molar-refractivity contribution in [1.82, 2.24) is 28.8 Å². The van der Waals surface area contributed by atoms with E-state index in [4.69, 9.17) is 20.9 Å². The van der Waals surface area contributed by atoms with Gasteiger partial charge in [-0.3, -0.25) is 13.9 Å². The van der Waals surface area contributed by atoms with Gasteiger partial charge in [-0.25, -0.2) is 9.78 Å². The van der Waals surface area contributed by atoms with E-state index in [2.05, 4.69) is 15.1 Å². The molecule has 4 aromatic rings. The third-order valence-electron chi connectivity index (χ3n) is 5.61. The molecule has 0 N–H and O–H groups in total. The molecule has 1 aliphatic rings. The predicted molar refractivity (Wildman–Crippen MR) is 111 cm³/mol. The molecule has 4 heterocycles. The average Bonchev–Trinajstić information content (AvgIpc) is 3.51. The molecule has 1 aliphatic heterocycles. The van der Waals surface area contributed by atoms with Crippen LogP contribution in [-0.4, -0.2) is 35.4 Å². The van der Waals surface area contributed by atoms with Crippen LogP contribution in [0.4, 0.5) is 0 Å². The van der Waals surface area contributed by atoms with Crippen molar-refractivity contribution < 1.29 is 9.26 Å². The van der Waals surface area contributed by atoms with Gasteiger partial charge >= 0.3 is 5.69 Å². The molecular formula is C20H19ClN6O4. The minimum atomic E-state index is -0.431. The van der Waals surface area contributed by atoms with E-state index in [-0.39, 0.29) is 18.6 Å². The molecule has 0 bridgehead atoms. The topological polar surface area (TPSA) is 110 Å². The van der Waals surface area contributed by atoms with E-state index >= 15 is 0 Å². The van der Waals surface area contributed by atoms with Crippen LogP contribution in [0.1, 0.15) is 35.7 Å². The van der Waals surface area contributed by atoms with Crippen molar-refractivity contribution in [2.75, 3.05) is 6.61 Å². The summed E-state index contributed by atoms with van der Waals surface area (Å²) in [7, 11) is 3.01. The van der Waals surface area contributed by atoms with E-state index < -0.39 is 11.2 Å². The van der Waals surface area contributed by atoms with Gasteiger partial charge in [0.25, 0.3) is 5.56 Å². The minimum absolute atomic E-state index is 0.00593. The number of aromatic nitrogens is 6. The molecule has 0 aliphatic carbocycles. The van der Waals surface area contributed by atoms with Crippen molar-refractivity contribution in [3.8, 4) is 0 Å². The van der Waals surface area contributed by atoms with Crippen LogP contribution in [0, 0.1) is 0 Å². The van der Waals surface area contributed by atoms with Gasteiger partial charge in [-0.1, -0.05) is 28.9 Å². The summed E-state index contributed by atoms with van der Waals surface area (Å²) in [5.41, 5.74) is 0.811. The zero-order valence-electron chi connectivity index (χ0n) is 16.9. The van der Waals surface area contributed by atoms with E-state index in [9.17, 15) is 9.59 Å². The standard InChI is InChI=1S/C20H19ClN6O4/c1-25-18-16(19(28)26(2)20(25)29)27(10-22-18)8-15-23-17(24-31-15)12-7-14(30-9-12)11-3-5-13(21)6-4-11/h3-6,10,12,14H,7-9H2,1-2H3/t12-,14+/m0/s1. The fourth-order valence-corrected chi connectivity index (χ4v) is 4.00. The van der Waals surface area contributed by atoms with Gasteiger partial charge in [-0.05, 0) is 24.1 Å². The molecule has 5 rings (SSSR count). The van der Waals surface area contributed by atoms with E-state index in [1.165, 1.54) is 17.9 Å². The molecule has 0 unspecified atom stereocenters. The van der Waals surface area contributed by atoms with E-state index in [0.29, 0.717) is 34.5 Å². The Morgan fingerprint density at radius 3 is 2.71 bits per heavy atom. The number of hydrogen-bond donors (Lipinski definition) is 0. The van der Waals surface area contributed by atoms with Crippen LogP contribution < -0.4 is 11.2 Å². The highest BCUT2D eigenvalue weighted by molar-refractivity contribution is 6.30. The smallest absolute Gasteiger partial charge is 0.332 e. The minimum Gasteiger partial charge on any atom is -0.373 e. The second-order valence-corrected chi connectivity index (χ2v) is 8.04. The number of ether oxygens (including phenoxy) is 1. The van der Waals surface area contributed by atoms with Gasteiger partial charge in [0, 0.05) is 25.0 Å². The Morgan fingerprint density at radius 2 is 1.94 bits per heavy atom. The lowest BCUT2D eigenvalue weighted by atomic mass is 10.0. The van der Waals surface area contributed by atoms with Gasteiger partial charge < -0.3 is 13.8 Å². The molecule has 0 saturated carbocycles. The molecule has 0 amide bonds. The zero-order valence-corrected chi connectivity index (χ0v) is 17.6. The molecule has 1 fully saturated rings. The molecule has 10 nitrogen and oxygen atoms in total. The Morgan fingerprint density at radius 1 is 1.16 bits per heavy atom. The lowest BCUT2D eigenvalue weighted by Gasteiger charge is -2.09. The van der Waals surface area contributed by atoms with Crippen LogP contribution in [0.15, 0.2) is 44.7 Å². The van der Waals surface area contributed by atoms with Crippen LogP contribution in [0.2, 0.25) is 5.02 Å². The summed E-state index contributed by atoms with van der Waals surface area (Å²) in [6.45, 7) is 0.661. The highest BCUT2D eigenvalue weighted by Crippen LogP contribution is 2.37. The van der Waals surface area contributed by atoms with Crippen LogP contribution >= 0.6 is 11.6 Å². The number of halogens is 1. The monoisotopic (exact) mass is 442 g/mol. The number of benzene rings is 1. The molecular weight excluding hydrogens is 424 g/mol. The maximum Gasteiger partial charge on any atom is 0.332 e. The molecule has 1 aromatic carbocycles. The van der Waals surface area contributed by atoms with Crippen LogP contribution in [-0.2, 0) is 25.4 Å². The SMILES string of the molecule is Cn1c(=O)c2c(ncn2Cc2nc([C@@H]3CO[C@@H](c4ccc(Cl)cc4)C3)no2)n(C)c1=O. The molecule has 11 heteroatoms. The Bertz CT molecular complexity index is 1380. The first-order valence-corrected chi connectivity index (χ1v) is 10.1. The second kappa shape index (κ2) is 7.47. The van der Waals surface area contributed by atoms with Crippen molar-refractivity contribution in [2.24, 2.45) is 14.1 Å². The lowest BCUT2D eigenvalue weighted by Crippen LogP contribution is -2.37. The Hall–Kier alpha value is -3.24. The highest BCUT2D eigenvalue weighted by Gasteiger charge is 2.31. The molecule has 2 atom stereocenters. The van der Waals surface area contributed by atoms with Gasteiger partial charge in [0.2, 0.25) is 5.89 Å². The number of nitrogens with zero attached hydrogens (tertiary/aromatic N) is 6. The average molecular weight is 443 g/mol. The van der Waals surface area contributed by atoms with Crippen molar-refractivity contribution >= 4 is 22.8 Å². The summed E-state index contributed by atoms with van der Waals surface area (Å²) in [4.78, 5) is 33.4. The van der Waals surface area contributed by atoms with Crippen molar-refractivity contribution in [2.45, 2.75) is 25.0 Å². The second-order valence-electron chi connectivity index (χ2n) is 7.60. The Balaban J connectivity index is 1.37. The zero-order chi connectivity index (χ0) is 21.7. The first-order chi connectivity index (χ1) is 14.9. The van der Waals surface area contributed by atoms with Gasteiger partial charge in [0.1, 0.15) is 6.54 Å². The summed E-state index contributed by atoms with van der Waals surface area (Å²) >= 11 is 5.96. The van der Waals surface area contributed by atoms with Gasteiger partial charge in [-0.2, -0.15) is 4.98 Å². The van der Waals surface area contributed by atoms with E-state index in [1.54, 1.807) is 11.6 Å². The molecule has 3 aromatic heterocycles. The summed E-state index contributed by atoms with van der Waals surface area (Å²) in [5.74, 6) is 0.919.